The molecule has 6 heteroatoms. The van der Waals surface area contributed by atoms with Crippen molar-refractivity contribution in [1.82, 2.24) is 9.97 Å². The zero-order valence-electron chi connectivity index (χ0n) is 9.84. The fourth-order valence-corrected chi connectivity index (χ4v) is 2.69. The van der Waals surface area contributed by atoms with Gasteiger partial charge in [0.15, 0.2) is 0 Å². The molecule has 0 aliphatic carbocycles. The summed E-state index contributed by atoms with van der Waals surface area (Å²) in [6.45, 7) is 0.404. The molecule has 0 fully saturated rings. The van der Waals surface area contributed by atoms with Gasteiger partial charge in [-0.3, -0.25) is 0 Å². The number of hydrogen-bond acceptors (Lipinski definition) is 5. The van der Waals surface area contributed by atoms with Gasteiger partial charge in [0, 0.05) is 11.6 Å². The molecule has 2 aromatic heterocycles. The molecule has 96 valence electrons. The summed E-state index contributed by atoms with van der Waals surface area (Å²) in [6.07, 6.45) is 1.49. The summed E-state index contributed by atoms with van der Waals surface area (Å²) in [5, 5.41) is 3.44. The van der Waals surface area contributed by atoms with E-state index in [1.165, 1.54) is 6.33 Å². The zero-order valence-corrected chi connectivity index (χ0v) is 11.4. The fourth-order valence-electron chi connectivity index (χ4n) is 1.72. The first-order valence-corrected chi connectivity index (χ1v) is 6.88. The van der Waals surface area contributed by atoms with Crippen LogP contribution in [-0.4, -0.2) is 9.97 Å². The fraction of sp³-hybridized carbons (Fsp3) is 0.0769. The molecular weight excluding hydrogens is 282 g/mol. The van der Waals surface area contributed by atoms with E-state index in [-0.39, 0.29) is 0 Å². The van der Waals surface area contributed by atoms with Crippen LogP contribution in [0.4, 0.5) is 0 Å². The number of halogens is 1. The summed E-state index contributed by atoms with van der Waals surface area (Å²) in [7, 11) is 0. The highest BCUT2D eigenvalue weighted by Gasteiger charge is 2.08. The smallest absolute Gasteiger partial charge is 0.231 e. The van der Waals surface area contributed by atoms with Crippen LogP contribution in [0.15, 0.2) is 36.0 Å². The van der Waals surface area contributed by atoms with Gasteiger partial charge in [-0.1, -0.05) is 17.7 Å². The molecule has 0 atom stereocenters. The van der Waals surface area contributed by atoms with Crippen molar-refractivity contribution < 1.29 is 4.74 Å². The van der Waals surface area contributed by atoms with Crippen molar-refractivity contribution in [3.63, 3.8) is 0 Å². The number of nitrogens with zero attached hydrogens (tertiary/aromatic N) is 2. The van der Waals surface area contributed by atoms with Crippen molar-refractivity contribution in [1.29, 1.82) is 0 Å². The Morgan fingerprint density at radius 1 is 1.26 bits per heavy atom. The van der Waals surface area contributed by atoms with E-state index in [4.69, 9.17) is 22.1 Å². The predicted octanol–water partition coefficient (Wildman–Crippen LogP) is 3.60. The van der Waals surface area contributed by atoms with Crippen LogP contribution in [0.1, 0.15) is 5.56 Å². The molecule has 19 heavy (non-hydrogen) atoms. The van der Waals surface area contributed by atoms with Gasteiger partial charge in [0.25, 0.3) is 0 Å². The lowest BCUT2D eigenvalue weighted by atomic mass is 10.2. The number of ether oxygens (including phenoxy) is 1. The Morgan fingerprint density at radius 3 is 2.95 bits per heavy atom. The highest BCUT2D eigenvalue weighted by atomic mass is 35.5. The van der Waals surface area contributed by atoms with Crippen LogP contribution in [0, 0.1) is 0 Å². The second kappa shape index (κ2) is 5.13. The van der Waals surface area contributed by atoms with Crippen LogP contribution in [-0.2, 0) is 6.54 Å². The van der Waals surface area contributed by atoms with E-state index in [9.17, 15) is 0 Å². The Hall–Kier alpha value is -1.69. The van der Waals surface area contributed by atoms with E-state index in [2.05, 4.69) is 9.97 Å². The number of aromatic nitrogens is 2. The monoisotopic (exact) mass is 291 g/mol. The molecular formula is C13H10ClN3OS. The zero-order chi connectivity index (χ0) is 13.2. The summed E-state index contributed by atoms with van der Waals surface area (Å²) in [5.74, 6) is 1.16. The highest BCUT2D eigenvalue weighted by Crippen LogP contribution is 2.31. The Labute approximate surface area is 118 Å². The lowest BCUT2D eigenvalue weighted by Crippen LogP contribution is -1.97. The third-order valence-corrected chi connectivity index (χ3v) is 3.86. The van der Waals surface area contributed by atoms with E-state index in [1.54, 1.807) is 17.4 Å². The Bertz CT molecular complexity index is 729. The third kappa shape index (κ3) is 2.40. The molecule has 3 rings (SSSR count). The van der Waals surface area contributed by atoms with E-state index < -0.39 is 0 Å². The van der Waals surface area contributed by atoms with Crippen molar-refractivity contribution in [2.75, 3.05) is 0 Å². The van der Waals surface area contributed by atoms with Gasteiger partial charge in [-0.05, 0) is 29.1 Å². The second-order valence-corrected chi connectivity index (χ2v) is 5.18. The molecule has 0 amide bonds. The molecule has 0 radical (unpaired) electrons. The SMILES string of the molecule is NCc1ccc(Oc2ncnc3sccc23)cc1Cl. The van der Waals surface area contributed by atoms with Crippen molar-refractivity contribution in [2.24, 2.45) is 5.73 Å². The van der Waals surface area contributed by atoms with Crippen molar-refractivity contribution in [3.05, 3.63) is 46.6 Å². The number of benzene rings is 1. The van der Waals surface area contributed by atoms with E-state index >= 15 is 0 Å². The number of hydrogen-bond donors (Lipinski definition) is 1. The Kier molecular flexibility index (Phi) is 3.33. The van der Waals surface area contributed by atoms with Gasteiger partial charge in [-0.2, -0.15) is 0 Å². The first-order valence-electron chi connectivity index (χ1n) is 5.62. The minimum atomic E-state index is 0.404. The summed E-state index contributed by atoms with van der Waals surface area (Å²) in [5.41, 5.74) is 6.46. The van der Waals surface area contributed by atoms with Crippen LogP contribution in [0.25, 0.3) is 10.2 Å². The maximum absolute atomic E-state index is 6.10. The van der Waals surface area contributed by atoms with Gasteiger partial charge in [-0.25, -0.2) is 9.97 Å². The van der Waals surface area contributed by atoms with Crippen molar-refractivity contribution in [2.45, 2.75) is 6.54 Å². The Balaban J connectivity index is 1.97. The first-order chi connectivity index (χ1) is 9.28. The summed E-state index contributed by atoms with van der Waals surface area (Å²) >= 11 is 7.65. The molecule has 2 heterocycles. The molecule has 3 aromatic rings. The molecule has 0 bridgehead atoms. The van der Waals surface area contributed by atoms with E-state index in [0.717, 1.165) is 15.8 Å². The molecule has 0 aliphatic rings. The van der Waals surface area contributed by atoms with Gasteiger partial charge in [0.2, 0.25) is 5.88 Å². The summed E-state index contributed by atoms with van der Waals surface area (Å²) < 4.78 is 5.76. The largest absolute Gasteiger partial charge is 0.438 e. The maximum Gasteiger partial charge on any atom is 0.231 e. The van der Waals surface area contributed by atoms with Crippen LogP contribution < -0.4 is 10.5 Å². The van der Waals surface area contributed by atoms with Crippen LogP contribution in [0.2, 0.25) is 5.02 Å². The normalized spacial score (nSPS) is 10.8. The molecule has 0 aliphatic heterocycles. The Morgan fingerprint density at radius 2 is 2.16 bits per heavy atom. The van der Waals surface area contributed by atoms with Crippen LogP contribution in [0.5, 0.6) is 11.6 Å². The molecule has 0 unspecified atom stereocenters. The van der Waals surface area contributed by atoms with Gasteiger partial charge >= 0.3 is 0 Å². The lowest BCUT2D eigenvalue weighted by molar-refractivity contribution is 0.468. The van der Waals surface area contributed by atoms with Gasteiger partial charge in [0.1, 0.15) is 16.9 Å². The minimum absolute atomic E-state index is 0.404. The van der Waals surface area contributed by atoms with E-state index in [0.29, 0.717) is 23.2 Å². The van der Waals surface area contributed by atoms with E-state index in [1.807, 2.05) is 23.6 Å². The predicted molar refractivity (Wildman–Crippen MR) is 76.8 cm³/mol. The maximum atomic E-state index is 6.10. The standard InChI is InChI=1S/C13H10ClN3OS/c14-11-5-9(2-1-8(11)6-15)18-12-10-3-4-19-13(10)17-7-16-12/h1-5,7H,6,15H2. The van der Waals surface area contributed by atoms with Crippen LogP contribution in [0.3, 0.4) is 0 Å². The van der Waals surface area contributed by atoms with Crippen LogP contribution >= 0.6 is 22.9 Å². The van der Waals surface area contributed by atoms with Gasteiger partial charge in [-0.15, -0.1) is 11.3 Å². The number of rotatable bonds is 3. The van der Waals surface area contributed by atoms with Gasteiger partial charge < -0.3 is 10.5 Å². The topological polar surface area (TPSA) is 61.0 Å². The quantitative estimate of drug-likeness (QED) is 0.801. The number of thiophene rings is 1. The third-order valence-electron chi connectivity index (χ3n) is 2.68. The highest BCUT2D eigenvalue weighted by molar-refractivity contribution is 7.16. The lowest BCUT2D eigenvalue weighted by Gasteiger charge is -2.07. The summed E-state index contributed by atoms with van der Waals surface area (Å²) in [6, 6.07) is 7.35. The summed E-state index contributed by atoms with van der Waals surface area (Å²) in [4.78, 5) is 9.22. The van der Waals surface area contributed by atoms with Crippen molar-refractivity contribution in [3.8, 4) is 11.6 Å². The van der Waals surface area contributed by atoms with Crippen molar-refractivity contribution >= 4 is 33.2 Å². The average molecular weight is 292 g/mol. The number of nitrogens with two attached hydrogens (primary N) is 1. The molecule has 0 saturated heterocycles. The molecule has 0 spiro atoms. The molecule has 1 aromatic carbocycles. The molecule has 4 nitrogen and oxygen atoms in total. The average Bonchev–Trinajstić information content (AvgIpc) is 2.88. The number of fused-ring (bicyclic) bond motifs is 1. The van der Waals surface area contributed by atoms with Gasteiger partial charge in [0.05, 0.1) is 5.39 Å². The molecule has 0 saturated carbocycles. The second-order valence-electron chi connectivity index (χ2n) is 3.88. The molecule has 2 N–H and O–H groups in total. The minimum Gasteiger partial charge on any atom is -0.438 e. The first kappa shape index (κ1) is 12.3.